The summed E-state index contributed by atoms with van der Waals surface area (Å²) < 4.78 is 5.37. The Labute approximate surface area is 201 Å². The van der Waals surface area contributed by atoms with Crippen molar-refractivity contribution in [2.75, 3.05) is 11.9 Å². The van der Waals surface area contributed by atoms with Crippen LogP contribution in [0.15, 0.2) is 17.7 Å². The van der Waals surface area contributed by atoms with Gasteiger partial charge in [-0.15, -0.1) is 11.3 Å². The number of nitrogens with zero attached hydrogens (tertiary/aromatic N) is 2. The second-order valence-electron chi connectivity index (χ2n) is 6.89. The number of carbonyl (C=O) groups excluding carboxylic acids is 2. The van der Waals surface area contributed by atoms with Crippen LogP contribution < -0.4 is 5.32 Å². The highest BCUT2D eigenvalue weighted by atomic mass is 127. The van der Waals surface area contributed by atoms with Crippen molar-refractivity contribution in [3.8, 4) is 11.8 Å². The molecule has 2 N–H and O–H groups in total. The number of fused-ring (bicyclic) bond motifs is 1. The number of aryl methyl sites for hydroxylation is 1. The number of aromatic hydroxyl groups is 1. The molecule has 166 valence electrons. The fraction of sp³-hybridized carbons (Fsp3) is 0.286. The van der Waals surface area contributed by atoms with Crippen LogP contribution in [0.5, 0.6) is 5.75 Å². The summed E-state index contributed by atoms with van der Waals surface area (Å²) in [6.07, 6.45) is 4.64. The molecular formula is C21H18IN3O6S. The second-order valence-corrected chi connectivity index (χ2v) is 9.15. The third-order valence-corrected chi connectivity index (χ3v) is 6.85. The first-order valence-corrected chi connectivity index (χ1v) is 11.6. The zero-order valence-electron chi connectivity index (χ0n) is 16.9. The number of amides is 1. The summed E-state index contributed by atoms with van der Waals surface area (Å²) in [5, 5.41) is 33.5. The van der Waals surface area contributed by atoms with Crippen molar-refractivity contribution in [2.45, 2.75) is 32.6 Å². The van der Waals surface area contributed by atoms with Crippen LogP contribution in [-0.2, 0) is 22.4 Å². The third kappa shape index (κ3) is 4.91. The van der Waals surface area contributed by atoms with Gasteiger partial charge in [-0.1, -0.05) is 0 Å². The van der Waals surface area contributed by atoms with Crippen LogP contribution in [0.4, 0.5) is 10.7 Å². The normalized spacial score (nSPS) is 13.1. The minimum Gasteiger partial charge on any atom is -0.501 e. The van der Waals surface area contributed by atoms with Gasteiger partial charge < -0.3 is 15.2 Å². The van der Waals surface area contributed by atoms with Crippen LogP contribution in [0.2, 0.25) is 0 Å². The summed E-state index contributed by atoms with van der Waals surface area (Å²) >= 11 is 3.02. The van der Waals surface area contributed by atoms with E-state index in [4.69, 9.17) is 4.74 Å². The number of nitrogens with one attached hydrogen (secondary N) is 1. The van der Waals surface area contributed by atoms with Gasteiger partial charge in [-0.25, -0.2) is 4.79 Å². The smallest absolute Gasteiger partial charge is 0.341 e. The summed E-state index contributed by atoms with van der Waals surface area (Å²) in [5.41, 5.74) is 0.577. The van der Waals surface area contributed by atoms with Crippen LogP contribution in [-0.4, -0.2) is 28.5 Å². The van der Waals surface area contributed by atoms with E-state index in [9.17, 15) is 30.1 Å². The molecular weight excluding hydrogens is 549 g/mol. The van der Waals surface area contributed by atoms with E-state index in [2.05, 4.69) is 5.32 Å². The standard InChI is InChI=1S/C21H18IN3O6S/c1-2-31-21(28)17-13-5-3-4-6-16(13)32-20(17)24-19(27)12(10-23)7-11-8-14(22)18(26)15(9-11)25(29)30/h7-9,26H,2-6H2,1H3,(H,24,27)/b12-7+. The lowest BCUT2D eigenvalue weighted by Gasteiger charge is -2.12. The van der Waals surface area contributed by atoms with Gasteiger partial charge >= 0.3 is 11.7 Å². The highest BCUT2D eigenvalue weighted by molar-refractivity contribution is 14.1. The Morgan fingerprint density at radius 2 is 2.12 bits per heavy atom. The highest BCUT2D eigenvalue weighted by Gasteiger charge is 2.28. The second kappa shape index (κ2) is 10.1. The van der Waals surface area contributed by atoms with Crippen LogP contribution in [0.1, 0.15) is 46.1 Å². The molecule has 1 aliphatic carbocycles. The molecule has 0 radical (unpaired) electrons. The molecule has 0 atom stereocenters. The number of rotatable bonds is 6. The number of hydrogen-bond donors (Lipinski definition) is 2. The maximum atomic E-state index is 12.8. The molecule has 0 spiro atoms. The molecule has 0 saturated carbocycles. The zero-order valence-corrected chi connectivity index (χ0v) is 19.9. The maximum absolute atomic E-state index is 12.8. The number of nitro groups is 1. The Hall–Kier alpha value is -2.98. The van der Waals surface area contributed by atoms with E-state index in [1.54, 1.807) is 35.6 Å². The van der Waals surface area contributed by atoms with Gasteiger partial charge in [0.25, 0.3) is 5.91 Å². The number of anilines is 1. The van der Waals surface area contributed by atoms with Crippen molar-refractivity contribution in [3.05, 3.63) is 53.0 Å². The SMILES string of the molecule is CCOC(=O)c1c(NC(=O)/C(C#N)=C/c2cc(I)c(O)c([N+](=O)[O-])c2)sc2c1CCCC2. The Bertz CT molecular complexity index is 1180. The monoisotopic (exact) mass is 567 g/mol. The molecule has 0 unspecified atom stereocenters. The Morgan fingerprint density at radius 1 is 1.41 bits per heavy atom. The van der Waals surface area contributed by atoms with E-state index in [1.165, 1.54) is 23.5 Å². The number of esters is 1. The number of thiophene rings is 1. The lowest BCUT2D eigenvalue weighted by molar-refractivity contribution is -0.386. The number of benzene rings is 1. The summed E-state index contributed by atoms with van der Waals surface area (Å²) in [6.45, 7) is 1.89. The van der Waals surface area contributed by atoms with Gasteiger partial charge in [0.05, 0.1) is 20.7 Å². The first kappa shape index (κ1) is 23.7. The van der Waals surface area contributed by atoms with Crippen molar-refractivity contribution in [3.63, 3.8) is 0 Å². The summed E-state index contributed by atoms with van der Waals surface area (Å²) in [4.78, 5) is 36.8. The number of hydrogen-bond acceptors (Lipinski definition) is 8. The number of nitriles is 1. The van der Waals surface area contributed by atoms with E-state index in [1.807, 2.05) is 0 Å². The summed E-state index contributed by atoms with van der Waals surface area (Å²) in [6, 6.07) is 4.29. The van der Waals surface area contributed by atoms with Crippen LogP contribution in [0, 0.1) is 25.0 Å². The molecule has 1 aliphatic rings. The fourth-order valence-corrected chi connectivity index (χ4v) is 5.29. The molecule has 3 rings (SSSR count). The van der Waals surface area contributed by atoms with Gasteiger partial charge in [0.1, 0.15) is 16.6 Å². The van der Waals surface area contributed by atoms with Crippen LogP contribution in [0.3, 0.4) is 0 Å². The van der Waals surface area contributed by atoms with Gasteiger partial charge in [0, 0.05) is 10.9 Å². The maximum Gasteiger partial charge on any atom is 0.341 e. The topological polar surface area (TPSA) is 143 Å². The van der Waals surface area contributed by atoms with Crippen molar-refractivity contribution in [1.82, 2.24) is 0 Å². The quantitative estimate of drug-likeness (QED) is 0.130. The molecule has 0 saturated heterocycles. The lowest BCUT2D eigenvalue weighted by Crippen LogP contribution is -2.16. The lowest BCUT2D eigenvalue weighted by atomic mass is 9.95. The number of carbonyl (C=O) groups is 2. The first-order chi connectivity index (χ1) is 15.3. The van der Waals surface area contributed by atoms with E-state index >= 15 is 0 Å². The van der Waals surface area contributed by atoms with E-state index in [0.29, 0.717) is 17.0 Å². The molecule has 2 aromatic rings. The van der Waals surface area contributed by atoms with Crippen molar-refractivity contribution < 1.29 is 24.4 Å². The minimum absolute atomic E-state index is 0.193. The molecule has 11 heteroatoms. The molecule has 1 aromatic heterocycles. The average molecular weight is 567 g/mol. The van der Waals surface area contributed by atoms with Crippen molar-refractivity contribution in [2.24, 2.45) is 0 Å². The van der Waals surface area contributed by atoms with E-state index in [-0.39, 0.29) is 21.3 Å². The highest BCUT2D eigenvalue weighted by Crippen LogP contribution is 2.39. The van der Waals surface area contributed by atoms with Crippen LogP contribution >= 0.6 is 33.9 Å². The first-order valence-electron chi connectivity index (χ1n) is 9.68. The number of phenolic OH excluding ortho intramolecular Hbond substituents is 1. The summed E-state index contributed by atoms with van der Waals surface area (Å²) in [7, 11) is 0. The predicted molar refractivity (Wildman–Crippen MR) is 127 cm³/mol. The molecule has 1 aromatic carbocycles. The Kier molecular flexibility index (Phi) is 7.47. The van der Waals surface area contributed by atoms with Gasteiger partial charge in [0.15, 0.2) is 0 Å². The van der Waals surface area contributed by atoms with Crippen LogP contribution in [0.25, 0.3) is 6.08 Å². The van der Waals surface area contributed by atoms with Crippen molar-refractivity contribution >= 4 is 62.6 Å². The number of phenols is 1. The summed E-state index contributed by atoms with van der Waals surface area (Å²) in [5.74, 6) is -1.75. The van der Waals surface area contributed by atoms with Crippen molar-refractivity contribution in [1.29, 1.82) is 5.26 Å². The molecule has 9 nitrogen and oxygen atoms in total. The number of nitro benzene ring substituents is 1. The number of ether oxygens (including phenoxy) is 1. The largest absolute Gasteiger partial charge is 0.501 e. The molecule has 0 bridgehead atoms. The average Bonchev–Trinajstić information content (AvgIpc) is 3.11. The molecule has 1 amide bonds. The van der Waals surface area contributed by atoms with E-state index in [0.717, 1.165) is 35.8 Å². The Balaban J connectivity index is 1.96. The minimum atomic E-state index is -0.748. The Morgan fingerprint density at radius 3 is 2.78 bits per heavy atom. The molecule has 1 heterocycles. The van der Waals surface area contributed by atoms with Gasteiger partial charge in [-0.3, -0.25) is 14.9 Å². The van der Waals surface area contributed by atoms with Gasteiger partial charge in [-0.05, 0) is 78.5 Å². The molecule has 0 aliphatic heterocycles. The number of halogens is 1. The predicted octanol–water partition coefficient (Wildman–Crippen LogP) is 4.57. The molecule has 0 fully saturated rings. The fourth-order valence-electron chi connectivity index (χ4n) is 3.39. The van der Waals surface area contributed by atoms with E-state index < -0.39 is 28.2 Å². The third-order valence-electron chi connectivity index (χ3n) is 4.82. The van der Waals surface area contributed by atoms with Gasteiger partial charge in [0.2, 0.25) is 5.75 Å². The molecule has 32 heavy (non-hydrogen) atoms. The van der Waals surface area contributed by atoms with Gasteiger partial charge in [-0.2, -0.15) is 5.26 Å². The zero-order chi connectivity index (χ0) is 23.4.